The molecule has 0 radical (unpaired) electrons. The molecule has 0 saturated carbocycles. The molecule has 1 aromatic heterocycles. The summed E-state index contributed by atoms with van der Waals surface area (Å²) in [5.74, 6) is 0.318. The molecule has 0 N–H and O–H groups in total. The van der Waals surface area contributed by atoms with Crippen LogP contribution in [-0.2, 0) is 0 Å². The number of ether oxygens (including phenoxy) is 1. The first kappa shape index (κ1) is 9.98. The van der Waals surface area contributed by atoms with Crippen molar-refractivity contribution in [2.45, 2.75) is 0 Å². The number of rotatable bonds is 3. The van der Waals surface area contributed by atoms with Gasteiger partial charge in [-0.15, -0.1) is 11.6 Å². The van der Waals surface area contributed by atoms with E-state index in [0.717, 1.165) is 0 Å². The molecule has 0 unspecified atom stereocenters. The van der Waals surface area contributed by atoms with Gasteiger partial charge < -0.3 is 9.15 Å². The van der Waals surface area contributed by atoms with Crippen LogP contribution < -0.4 is 10.4 Å². The highest BCUT2D eigenvalue weighted by molar-refractivity contribution is 6.17. The second-order valence-corrected chi connectivity index (χ2v) is 3.20. The standard InChI is InChI=1S/C10H8ClNO3/c11-5-6-14-10-12-8-4-2-1-3-7(8)9(13)15-10/h1-4H,5-6H2. The SMILES string of the molecule is O=c1oc(OCCCl)nc2ccccc12. The highest BCUT2D eigenvalue weighted by Gasteiger charge is 2.05. The normalized spacial score (nSPS) is 10.5. The van der Waals surface area contributed by atoms with Gasteiger partial charge in [0.1, 0.15) is 6.61 Å². The Bertz CT molecular complexity index is 523. The Kier molecular flexibility index (Phi) is 2.87. The van der Waals surface area contributed by atoms with Crippen LogP contribution in [0.15, 0.2) is 33.5 Å². The first-order valence-electron chi connectivity index (χ1n) is 4.40. The highest BCUT2D eigenvalue weighted by atomic mass is 35.5. The van der Waals surface area contributed by atoms with Gasteiger partial charge in [-0.2, -0.15) is 4.98 Å². The van der Waals surface area contributed by atoms with E-state index in [0.29, 0.717) is 16.8 Å². The minimum Gasteiger partial charge on any atom is -0.449 e. The number of para-hydroxylation sites is 1. The van der Waals surface area contributed by atoms with E-state index in [1.54, 1.807) is 24.3 Å². The fourth-order valence-electron chi connectivity index (χ4n) is 1.19. The Labute approximate surface area is 90.4 Å². The second-order valence-electron chi connectivity index (χ2n) is 2.82. The molecule has 0 aliphatic heterocycles. The number of aromatic nitrogens is 1. The van der Waals surface area contributed by atoms with Crippen LogP contribution in [0.5, 0.6) is 6.08 Å². The zero-order chi connectivity index (χ0) is 10.7. The molecule has 0 bridgehead atoms. The van der Waals surface area contributed by atoms with Crippen LogP contribution in [0.4, 0.5) is 0 Å². The molecule has 15 heavy (non-hydrogen) atoms. The Balaban J connectivity index is 2.48. The first-order chi connectivity index (χ1) is 7.31. The van der Waals surface area contributed by atoms with E-state index in [1.165, 1.54) is 0 Å². The lowest BCUT2D eigenvalue weighted by atomic mass is 10.2. The minimum atomic E-state index is -0.454. The molecule has 4 nitrogen and oxygen atoms in total. The van der Waals surface area contributed by atoms with Gasteiger partial charge in [0.2, 0.25) is 0 Å². The maximum atomic E-state index is 11.4. The molecule has 0 fully saturated rings. The van der Waals surface area contributed by atoms with E-state index < -0.39 is 5.63 Å². The summed E-state index contributed by atoms with van der Waals surface area (Å²) in [4.78, 5) is 15.5. The molecule has 0 amide bonds. The molecule has 5 heteroatoms. The Morgan fingerprint density at radius 1 is 1.40 bits per heavy atom. The van der Waals surface area contributed by atoms with Crippen molar-refractivity contribution in [3.63, 3.8) is 0 Å². The average Bonchev–Trinajstić information content (AvgIpc) is 2.26. The predicted molar refractivity (Wildman–Crippen MR) is 56.5 cm³/mol. The van der Waals surface area contributed by atoms with Crippen molar-refractivity contribution in [3.8, 4) is 6.08 Å². The molecular weight excluding hydrogens is 218 g/mol. The van der Waals surface area contributed by atoms with Crippen LogP contribution in [0.1, 0.15) is 0 Å². The van der Waals surface area contributed by atoms with Crippen molar-refractivity contribution in [2.75, 3.05) is 12.5 Å². The van der Waals surface area contributed by atoms with Crippen LogP contribution in [0.3, 0.4) is 0 Å². The van der Waals surface area contributed by atoms with Crippen molar-refractivity contribution in [2.24, 2.45) is 0 Å². The zero-order valence-electron chi connectivity index (χ0n) is 7.77. The quantitative estimate of drug-likeness (QED) is 0.748. The maximum absolute atomic E-state index is 11.4. The van der Waals surface area contributed by atoms with Gasteiger partial charge in [0.05, 0.1) is 16.8 Å². The van der Waals surface area contributed by atoms with Gasteiger partial charge >= 0.3 is 11.7 Å². The third-order valence-electron chi connectivity index (χ3n) is 1.82. The Hall–Kier alpha value is -1.55. The second kappa shape index (κ2) is 4.31. The number of nitrogens with zero attached hydrogens (tertiary/aromatic N) is 1. The van der Waals surface area contributed by atoms with Crippen molar-refractivity contribution in [1.29, 1.82) is 0 Å². The van der Waals surface area contributed by atoms with Crippen molar-refractivity contribution >= 4 is 22.5 Å². The lowest BCUT2D eigenvalue weighted by molar-refractivity contribution is 0.231. The van der Waals surface area contributed by atoms with Crippen LogP contribution in [-0.4, -0.2) is 17.5 Å². The van der Waals surface area contributed by atoms with Gasteiger partial charge in [0.15, 0.2) is 0 Å². The molecule has 1 aromatic carbocycles. The van der Waals surface area contributed by atoms with E-state index >= 15 is 0 Å². The van der Waals surface area contributed by atoms with Crippen molar-refractivity contribution < 1.29 is 9.15 Å². The van der Waals surface area contributed by atoms with Gasteiger partial charge in [-0.25, -0.2) is 4.79 Å². The number of halogens is 1. The molecule has 78 valence electrons. The van der Waals surface area contributed by atoms with E-state index in [1.807, 2.05) is 0 Å². The first-order valence-corrected chi connectivity index (χ1v) is 4.93. The van der Waals surface area contributed by atoms with Crippen LogP contribution in [0, 0.1) is 0 Å². The topological polar surface area (TPSA) is 52.3 Å². The predicted octanol–water partition coefficient (Wildman–Crippen LogP) is 1.81. The number of hydrogen-bond donors (Lipinski definition) is 0. The molecule has 2 rings (SSSR count). The summed E-state index contributed by atoms with van der Waals surface area (Å²) in [5, 5.41) is 0.440. The van der Waals surface area contributed by atoms with Crippen molar-refractivity contribution in [3.05, 3.63) is 34.7 Å². The number of fused-ring (bicyclic) bond motifs is 1. The minimum absolute atomic E-state index is 0.0423. The van der Waals surface area contributed by atoms with E-state index in [9.17, 15) is 4.79 Å². The van der Waals surface area contributed by atoms with E-state index in [4.69, 9.17) is 20.8 Å². The van der Waals surface area contributed by atoms with Crippen LogP contribution >= 0.6 is 11.6 Å². The van der Waals surface area contributed by atoms with Crippen LogP contribution in [0.25, 0.3) is 10.9 Å². The summed E-state index contributed by atoms with van der Waals surface area (Å²) in [7, 11) is 0. The summed E-state index contributed by atoms with van der Waals surface area (Å²) in [6.07, 6.45) is -0.0423. The molecule has 0 saturated heterocycles. The fourth-order valence-corrected chi connectivity index (χ4v) is 1.26. The molecule has 0 spiro atoms. The number of hydrogen-bond acceptors (Lipinski definition) is 4. The van der Waals surface area contributed by atoms with E-state index in [2.05, 4.69) is 4.98 Å². The lowest BCUT2D eigenvalue weighted by Crippen LogP contribution is -2.06. The Morgan fingerprint density at radius 3 is 3.00 bits per heavy atom. The summed E-state index contributed by atoms with van der Waals surface area (Å²) in [6, 6.07) is 6.92. The Morgan fingerprint density at radius 2 is 2.20 bits per heavy atom. The summed E-state index contributed by atoms with van der Waals surface area (Å²) >= 11 is 5.44. The summed E-state index contributed by atoms with van der Waals surface area (Å²) in [5.41, 5.74) is 0.100. The summed E-state index contributed by atoms with van der Waals surface area (Å²) in [6.45, 7) is 0.260. The average molecular weight is 226 g/mol. The maximum Gasteiger partial charge on any atom is 0.397 e. The zero-order valence-corrected chi connectivity index (χ0v) is 8.53. The summed E-state index contributed by atoms with van der Waals surface area (Å²) < 4.78 is 9.88. The molecular formula is C10H8ClNO3. The monoisotopic (exact) mass is 225 g/mol. The smallest absolute Gasteiger partial charge is 0.397 e. The van der Waals surface area contributed by atoms with Gasteiger partial charge in [-0.3, -0.25) is 0 Å². The number of benzene rings is 1. The van der Waals surface area contributed by atoms with Crippen molar-refractivity contribution in [1.82, 2.24) is 4.98 Å². The lowest BCUT2D eigenvalue weighted by Gasteiger charge is -2.01. The molecule has 0 atom stereocenters. The number of alkyl halides is 1. The van der Waals surface area contributed by atoms with Crippen LogP contribution in [0.2, 0.25) is 0 Å². The van der Waals surface area contributed by atoms with Gasteiger partial charge in [0, 0.05) is 0 Å². The fraction of sp³-hybridized carbons (Fsp3) is 0.200. The van der Waals surface area contributed by atoms with Gasteiger partial charge in [-0.05, 0) is 12.1 Å². The van der Waals surface area contributed by atoms with Gasteiger partial charge in [-0.1, -0.05) is 12.1 Å². The largest absolute Gasteiger partial charge is 0.449 e. The molecule has 0 aliphatic carbocycles. The third kappa shape index (κ3) is 2.10. The highest BCUT2D eigenvalue weighted by Crippen LogP contribution is 2.11. The van der Waals surface area contributed by atoms with Gasteiger partial charge in [0.25, 0.3) is 0 Å². The molecule has 0 aliphatic rings. The molecule has 2 aromatic rings. The van der Waals surface area contributed by atoms with E-state index in [-0.39, 0.29) is 12.7 Å². The molecule has 1 heterocycles. The third-order valence-corrected chi connectivity index (χ3v) is 1.97.